The Labute approximate surface area is 95.6 Å². The van der Waals surface area contributed by atoms with E-state index in [1.807, 2.05) is 44.2 Å². The Bertz CT molecular complexity index is 371. The van der Waals surface area contributed by atoms with E-state index >= 15 is 0 Å². The lowest BCUT2D eigenvalue weighted by Crippen LogP contribution is -2.34. The van der Waals surface area contributed by atoms with Gasteiger partial charge in [-0.3, -0.25) is 9.59 Å². The third kappa shape index (κ3) is 3.19. The van der Waals surface area contributed by atoms with E-state index in [0.29, 0.717) is 6.42 Å². The Morgan fingerprint density at radius 2 is 1.75 bits per heavy atom. The number of Topliss-reactive ketones (excluding diaryl/α,β-unsaturated/α-hetero) is 1. The predicted molar refractivity (Wildman–Crippen MR) is 62.7 cm³/mol. The maximum atomic E-state index is 11.6. The molecule has 86 valence electrons. The van der Waals surface area contributed by atoms with Crippen molar-refractivity contribution in [2.45, 2.75) is 20.3 Å². The van der Waals surface area contributed by atoms with Crippen LogP contribution in [0.5, 0.6) is 0 Å². The molecule has 0 aliphatic carbocycles. The van der Waals surface area contributed by atoms with Crippen LogP contribution in [0.2, 0.25) is 0 Å². The molecule has 3 heteroatoms. The minimum atomic E-state index is -0.838. The number of amides is 1. The molecular formula is C13H17NO2. The third-order valence-electron chi connectivity index (χ3n) is 2.68. The van der Waals surface area contributed by atoms with Crippen LogP contribution in [0, 0.1) is 11.8 Å². The fourth-order valence-corrected chi connectivity index (χ4v) is 1.68. The van der Waals surface area contributed by atoms with Gasteiger partial charge in [-0.05, 0) is 17.9 Å². The number of benzene rings is 1. The van der Waals surface area contributed by atoms with Crippen LogP contribution in [-0.4, -0.2) is 11.7 Å². The molecule has 0 aliphatic rings. The maximum absolute atomic E-state index is 11.6. The Hall–Kier alpha value is -1.64. The zero-order valence-corrected chi connectivity index (χ0v) is 9.64. The van der Waals surface area contributed by atoms with E-state index in [4.69, 9.17) is 5.73 Å². The van der Waals surface area contributed by atoms with Crippen LogP contribution in [-0.2, 0) is 16.0 Å². The topological polar surface area (TPSA) is 60.2 Å². The van der Waals surface area contributed by atoms with E-state index in [9.17, 15) is 9.59 Å². The number of rotatable bonds is 5. The van der Waals surface area contributed by atoms with Crippen LogP contribution < -0.4 is 5.73 Å². The molecule has 1 atom stereocenters. The summed E-state index contributed by atoms with van der Waals surface area (Å²) in [6, 6.07) is 9.65. The summed E-state index contributed by atoms with van der Waals surface area (Å²) in [7, 11) is 0. The number of nitrogens with two attached hydrogens (primary N) is 1. The zero-order chi connectivity index (χ0) is 12.1. The summed E-state index contributed by atoms with van der Waals surface area (Å²) in [5.41, 5.74) is 6.09. The van der Waals surface area contributed by atoms with E-state index in [1.54, 1.807) is 0 Å². The van der Waals surface area contributed by atoms with E-state index in [-0.39, 0.29) is 11.8 Å². The number of ketones is 1. The van der Waals surface area contributed by atoms with Gasteiger partial charge in [0.25, 0.3) is 5.91 Å². The van der Waals surface area contributed by atoms with E-state index in [0.717, 1.165) is 5.56 Å². The molecule has 0 fully saturated rings. The SMILES string of the molecule is CC(C)C(Cc1ccccc1)C(=O)C(N)=O. The molecule has 1 rings (SSSR count). The number of hydrogen-bond acceptors (Lipinski definition) is 2. The normalized spacial score (nSPS) is 12.4. The highest BCUT2D eigenvalue weighted by molar-refractivity contribution is 6.36. The molecule has 2 N–H and O–H groups in total. The highest BCUT2D eigenvalue weighted by atomic mass is 16.2. The van der Waals surface area contributed by atoms with Gasteiger partial charge in [-0.15, -0.1) is 0 Å². The highest BCUT2D eigenvalue weighted by Crippen LogP contribution is 2.18. The summed E-state index contributed by atoms with van der Waals surface area (Å²) in [5, 5.41) is 0. The molecule has 0 bridgehead atoms. The lowest BCUT2D eigenvalue weighted by Gasteiger charge is -2.17. The van der Waals surface area contributed by atoms with Crippen molar-refractivity contribution in [3.63, 3.8) is 0 Å². The first-order chi connectivity index (χ1) is 7.52. The van der Waals surface area contributed by atoms with Crippen molar-refractivity contribution in [1.82, 2.24) is 0 Å². The Morgan fingerprint density at radius 3 is 2.19 bits per heavy atom. The van der Waals surface area contributed by atoms with Crippen molar-refractivity contribution in [2.75, 3.05) is 0 Å². The number of hydrogen-bond donors (Lipinski definition) is 1. The monoisotopic (exact) mass is 219 g/mol. The molecule has 0 heterocycles. The van der Waals surface area contributed by atoms with Gasteiger partial charge in [-0.1, -0.05) is 44.2 Å². The number of primary amides is 1. The van der Waals surface area contributed by atoms with Crippen molar-refractivity contribution in [2.24, 2.45) is 17.6 Å². The summed E-state index contributed by atoms with van der Waals surface area (Å²) in [5.74, 6) is -1.52. The summed E-state index contributed by atoms with van der Waals surface area (Å²) in [4.78, 5) is 22.5. The Morgan fingerprint density at radius 1 is 1.19 bits per heavy atom. The molecule has 1 amide bonds. The van der Waals surface area contributed by atoms with Crippen LogP contribution in [0.4, 0.5) is 0 Å². The summed E-state index contributed by atoms with van der Waals surface area (Å²) in [6.45, 7) is 3.85. The predicted octanol–water partition coefficient (Wildman–Crippen LogP) is 1.56. The second kappa shape index (κ2) is 5.45. The van der Waals surface area contributed by atoms with Gasteiger partial charge in [-0.25, -0.2) is 0 Å². The summed E-state index contributed by atoms with van der Waals surface area (Å²) >= 11 is 0. The van der Waals surface area contributed by atoms with Crippen LogP contribution >= 0.6 is 0 Å². The number of carbonyl (C=O) groups is 2. The van der Waals surface area contributed by atoms with Gasteiger partial charge in [-0.2, -0.15) is 0 Å². The van der Waals surface area contributed by atoms with Crippen molar-refractivity contribution >= 4 is 11.7 Å². The Balaban J connectivity index is 2.81. The molecule has 0 saturated carbocycles. The molecule has 16 heavy (non-hydrogen) atoms. The first-order valence-corrected chi connectivity index (χ1v) is 5.40. The molecule has 0 aliphatic heterocycles. The second-order valence-corrected chi connectivity index (χ2v) is 4.27. The average molecular weight is 219 g/mol. The van der Waals surface area contributed by atoms with Crippen LogP contribution in [0.25, 0.3) is 0 Å². The number of carbonyl (C=O) groups excluding carboxylic acids is 2. The van der Waals surface area contributed by atoms with E-state index in [2.05, 4.69) is 0 Å². The van der Waals surface area contributed by atoms with Gasteiger partial charge >= 0.3 is 0 Å². The van der Waals surface area contributed by atoms with Gasteiger partial charge in [0.05, 0.1) is 0 Å². The van der Waals surface area contributed by atoms with Gasteiger partial charge in [0.1, 0.15) is 0 Å². The summed E-state index contributed by atoms with van der Waals surface area (Å²) < 4.78 is 0. The smallest absolute Gasteiger partial charge is 0.285 e. The largest absolute Gasteiger partial charge is 0.363 e. The minimum absolute atomic E-state index is 0.111. The Kier molecular flexibility index (Phi) is 4.23. The lowest BCUT2D eigenvalue weighted by atomic mass is 9.85. The zero-order valence-electron chi connectivity index (χ0n) is 9.64. The molecule has 1 aromatic rings. The van der Waals surface area contributed by atoms with E-state index in [1.165, 1.54) is 0 Å². The summed E-state index contributed by atoms with van der Waals surface area (Å²) in [6.07, 6.45) is 0.570. The third-order valence-corrected chi connectivity index (χ3v) is 2.68. The molecule has 0 saturated heterocycles. The fraction of sp³-hybridized carbons (Fsp3) is 0.385. The maximum Gasteiger partial charge on any atom is 0.285 e. The molecule has 0 radical (unpaired) electrons. The quantitative estimate of drug-likeness (QED) is 0.764. The first-order valence-electron chi connectivity index (χ1n) is 5.40. The first kappa shape index (κ1) is 12.4. The fourth-order valence-electron chi connectivity index (χ4n) is 1.68. The van der Waals surface area contributed by atoms with Crippen molar-refractivity contribution < 1.29 is 9.59 Å². The van der Waals surface area contributed by atoms with Crippen molar-refractivity contribution in [3.8, 4) is 0 Å². The molecule has 0 aromatic heterocycles. The standard InChI is InChI=1S/C13H17NO2/c1-9(2)11(12(15)13(14)16)8-10-6-4-3-5-7-10/h3-7,9,11H,8H2,1-2H3,(H2,14,16). The van der Waals surface area contributed by atoms with Gasteiger partial charge < -0.3 is 5.73 Å². The minimum Gasteiger partial charge on any atom is -0.363 e. The molecular weight excluding hydrogens is 202 g/mol. The van der Waals surface area contributed by atoms with Crippen molar-refractivity contribution in [3.05, 3.63) is 35.9 Å². The van der Waals surface area contributed by atoms with E-state index < -0.39 is 11.7 Å². The van der Waals surface area contributed by atoms with Gasteiger partial charge in [0, 0.05) is 5.92 Å². The van der Waals surface area contributed by atoms with Crippen LogP contribution in [0.3, 0.4) is 0 Å². The highest BCUT2D eigenvalue weighted by Gasteiger charge is 2.26. The van der Waals surface area contributed by atoms with Crippen LogP contribution in [0.1, 0.15) is 19.4 Å². The molecule has 1 aromatic carbocycles. The van der Waals surface area contributed by atoms with Crippen LogP contribution in [0.15, 0.2) is 30.3 Å². The average Bonchev–Trinajstić information content (AvgIpc) is 2.26. The van der Waals surface area contributed by atoms with Gasteiger partial charge in [0.2, 0.25) is 5.78 Å². The lowest BCUT2D eigenvalue weighted by molar-refractivity contribution is -0.139. The molecule has 3 nitrogen and oxygen atoms in total. The molecule has 0 spiro atoms. The van der Waals surface area contributed by atoms with Gasteiger partial charge in [0.15, 0.2) is 0 Å². The second-order valence-electron chi connectivity index (χ2n) is 4.27. The molecule has 1 unspecified atom stereocenters. The van der Waals surface area contributed by atoms with Crippen molar-refractivity contribution in [1.29, 1.82) is 0 Å².